The molecule has 0 amide bonds. The SMILES string of the molecule is NC[C@@H]1CCCN1Cc1ccc(Br)cc1. The lowest BCUT2D eigenvalue weighted by Crippen LogP contribution is -2.34. The molecule has 2 nitrogen and oxygen atoms in total. The quantitative estimate of drug-likeness (QED) is 0.912. The predicted octanol–water partition coefficient (Wildman–Crippen LogP) is 2.37. The Morgan fingerprint density at radius 2 is 2.07 bits per heavy atom. The van der Waals surface area contributed by atoms with Crippen LogP contribution in [0, 0.1) is 0 Å². The zero-order valence-electron chi connectivity index (χ0n) is 8.82. The summed E-state index contributed by atoms with van der Waals surface area (Å²) in [6, 6.07) is 9.14. The Balaban J connectivity index is 1.99. The van der Waals surface area contributed by atoms with E-state index in [-0.39, 0.29) is 0 Å². The molecule has 1 aliphatic rings. The Labute approximate surface area is 99.6 Å². The van der Waals surface area contributed by atoms with Crippen molar-refractivity contribution in [2.45, 2.75) is 25.4 Å². The maximum absolute atomic E-state index is 5.75. The molecule has 0 radical (unpaired) electrons. The minimum Gasteiger partial charge on any atom is -0.329 e. The van der Waals surface area contributed by atoms with Gasteiger partial charge >= 0.3 is 0 Å². The summed E-state index contributed by atoms with van der Waals surface area (Å²) in [7, 11) is 0. The van der Waals surface area contributed by atoms with Gasteiger partial charge in [-0.25, -0.2) is 0 Å². The van der Waals surface area contributed by atoms with Crippen molar-refractivity contribution in [3.63, 3.8) is 0 Å². The third kappa shape index (κ3) is 2.80. The van der Waals surface area contributed by atoms with Crippen LogP contribution in [0.3, 0.4) is 0 Å². The first kappa shape index (κ1) is 11.1. The summed E-state index contributed by atoms with van der Waals surface area (Å²) in [5, 5.41) is 0. The number of benzene rings is 1. The monoisotopic (exact) mass is 268 g/mol. The first-order chi connectivity index (χ1) is 7.29. The molecular weight excluding hydrogens is 252 g/mol. The van der Waals surface area contributed by atoms with Crippen molar-refractivity contribution >= 4 is 15.9 Å². The van der Waals surface area contributed by atoms with E-state index in [9.17, 15) is 0 Å². The fourth-order valence-electron chi connectivity index (χ4n) is 2.19. The molecule has 1 fully saturated rings. The van der Waals surface area contributed by atoms with Gasteiger partial charge in [0.1, 0.15) is 0 Å². The highest BCUT2D eigenvalue weighted by Gasteiger charge is 2.22. The van der Waals surface area contributed by atoms with Gasteiger partial charge in [0.25, 0.3) is 0 Å². The van der Waals surface area contributed by atoms with Crippen LogP contribution in [-0.2, 0) is 6.54 Å². The first-order valence-electron chi connectivity index (χ1n) is 5.48. The average Bonchev–Trinajstić information content (AvgIpc) is 2.69. The van der Waals surface area contributed by atoms with Gasteiger partial charge in [0.15, 0.2) is 0 Å². The summed E-state index contributed by atoms with van der Waals surface area (Å²) >= 11 is 3.45. The highest BCUT2D eigenvalue weighted by atomic mass is 79.9. The van der Waals surface area contributed by atoms with Gasteiger partial charge in [-0.15, -0.1) is 0 Å². The van der Waals surface area contributed by atoms with Crippen LogP contribution in [0.15, 0.2) is 28.7 Å². The van der Waals surface area contributed by atoms with Gasteiger partial charge in [-0.05, 0) is 37.1 Å². The van der Waals surface area contributed by atoms with Crippen LogP contribution in [0.1, 0.15) is 18.4 Å². The molecule has 82 valence electrons. The van der Waals surface area contributed by atoms with Gasteiger partial charge in [-0.3, -0.25) is 4.90 Å². The smallest absolute Gasteiger partial charge is 0.0237 e. The summed E-state index contributed by atoms with van der Waals surface area (Å²) in [6.07, 6.45) is 2.55. The summed E-state index contributed by atoms with van der Waals surface area (Å²) in [4.78, 5) is 2.49. The molecule has 0 saturated carbocycles. The van der Waals surface area contributed by atoms with E-state index in [1.807, 2.05) is 0 Å². The topological polar surface area (TPSA) is 29.3 Å². The van der Waals surface area contributed by atoms with Crippen LogP contribution in [0.25, 0.3) is 0 Å². The number of nitrogens with two attached hydrogens (primary N) is 1. The van der Waals surface area contributed by atoms with E-state index >= 15 is 0 Å². The summed E-state index contributed by atoms with van der Waals surface area (Å²) in [5.74, 6) is 0. The molecule has 2 rings (SSSR count). The Kier molecular flexibility index (Phi) is 3.78. The maximum Gasteiger partial charge on any atom is 0.0237 e. The zero-order chi connectivity index (χ0) is 10.7. The number of nitrogens with zero attached hydrogens (tertiary/aromatic N) is 1. The molecule has 0 aromatic heterocycles. The second-order valence-corrected chi connectivity index (χ2v) is 5.04. The van der Waals surface area contributed by atoms with Crippen molar-refractivity contribution in [3.8, 4) is 0 Å². The van der Waals surface area contributed by atoms with E-state index in [4.69, 9.17) is 5.73 Å². The molecule has 0 spiro atoms. The fourth-order valence-corrected chi connectivity index (χ4v) is 2.46. The minimum absolute atomic E-state index is 0.591. The molecule has 2 N–H and O–H groups in total. The van der Waals surface area contributed by atoms with Gasteiger partial charge in [0, 0.05) is 23.6 Å². The van der Waals surface area contributed by atoms with Gasteiger partial charge < -0.3 is 5.73 Å². The van der Waals surface area contributed by atoms with Gasteiger partial charge in [0.2, 0.25) is 0 Å². The van der Waals surface area contributed by atoms with E-state index in [1.165, 1.54) is 24.9 Å². The zero-order valence-corrected chi connectivity index (χ0v) is 10.4. The highest BCUT2D eigenvalue weighted by molar-refractivity contribution is 9.10. The molecule has 1 atom stereocenters. The number of hydrogen-bond acceptors (Lipinski definition) is 2. The van der Waals surface area contributed by atoms with Crippen molar-refractivity contribution in [1.82, 2.24) is 4.90 Å². The van der Waals surface area contributed by atoms with E-state index in [0.29, 0.717) is 6.04 Å². The van der Waals surface area contributed by atoms with Crippen LogP contribution >= 0.6 is 15.9 Å². The largest absolute Gasteiger partial charge is 0.329 e. The molecule has 1 aliphatic heterocycles. The van der Waals surface area contributed by atoms with Crippen LogP contribution in [0.2, 0.25) is 0 Å². The second-order valence-electron chi connectivity index (χ2n) is 4.13. The molecule has 1 heterocycles. The van der Waals surface area contributed by atoms with E-state index in [0.717, 1.165) is 17.6 Å². The Bertz CT molecular complexity index is 310. The normalized spacial score (nSPS) is 22.1. The lowest BCUT2D eigenvalue weighted by atomic mass is 10.2. The number of hydrogen-bond donors (Lipinski definition) is 1. The third-order valence-corrected chi connectivity index (χ3v) is 3.60. The first-order valence-corrected chi connectivity index (χ1v) is 6.27. The lowest BCUT2D eigenvalue weighted by molar-refractivity contribution is 0.250. The van der Waals surface area contributed by atoms with Crippen molar-refractivity contribution in [2.75, 3.05) is 13.1 Å². The van der Waals surface area contributed by atoms with Crippen molar-refractivity contribution in [3.05, 3.63) is 34.3 Å². The van der Waals surface area contributed by atoms with Crippen molar-refractivity contribution < 1.29 is 0 Å². The lowest BCUT2D eigenvalue weighted by Gasteiger charge is -2.23. The summed E-state index contributed by atoms with van der Waals surface area (Å²) < 4.78 is 1.14. The Hall–Kier alpha value is -0.380. The standard InChI is InChI=1S/C12H17BrN2/c13-11-5-3-10(4-6-11)9-15-7-1-2-12(15)8-14/h3-6,12H,1-2,7-9,14H2/t12-/m0/s1. The van der Waals surface area contributed by atoms with E-state index < -0.39 is 0 Å². The van der Waals surface area contributed by atoms with Crippen molar-refractivity contribution in [1.29, 1.82) is 0 Å². The van der Waals surface area contributed by atoms with Gasteiger partial charge in [0.05, 0.1) is 0 Å². The van der Waals surface area contributed by atoms with Gasteiger partial charge in [-0.1, -0.05) is 28.1 Å². The molecule has 3 heteroatoms. The maximum atomic E-state index is 5.75. The molecule has 15 heavy (non-hydrogen) atoms. The number of halogens is 1. The van der Waals surface area contributed by atoms with Crippen LogP contribution in [0.5, 0.6) is 0 Å². The third-order valence-electron chi connectivity index (χ3n) is 3.07. The molecule has 0 unspecified atom stereocenters. The fraction of sp³-hybridized carbons (Fsp3) is 0.500. The van der Waals surface area contributed by atoms with Crippen LogP contribution in [0.4, 0.5) is 0 Å². The highest BCUT2D eigenvalue weighted by Crippen LogP contribution is 2.20. The Morgan fingerprint density at radius 3 is 2.73 bits per heavy atom. The van der Waals surface area contributed by atoms with Gasteiger partial charge in [-0.2, -0.15) is 0 Å². The van der Waals surface area contributed by atoms with E-state index in [2.05, 4.69) is 45.1 Å². The molecule has 1 saturated heterocycles. The van der Waals surface area contributed by atoms with Crippen LogP contribution in [-0.4, -0.2) is 24.0 Å². The summed E-state index contributed by atoms with van der Waals surface area (Å²) in [5.41, 5.74) is 7.13. The predicted molar refractivity (Wildman–Crippen MR) is 66.6 cm³/mol. The van der Waals surface area contributed by atoms with Crippen molar-refractivity contribution in [2.24, 2.45) is 5.73 Å². The molecule has 1 aromatic rings. The number of likely N-dealkylation sites (tertiary alicyclic amines) is 1. The van der Waals surface area contributed by atoms with Crippen LogP contribution < -0.4 is 5.73 Å². The minimum atomic E-state index is 0.591. The molecule has 0 aliphatic carbocycles. The Morgan fingerprint density at radius 1 is 1.33 bits per heavy atom. The number of rotatable bonds is 3. The molecule has 1 aromatic carbocycles. The molecule has 0 bridgehead atoms. The van der Waals surface area contributed by atoms with E-state index in [1.54, 1.807) is 0 Å². The average molecular weight is 269 g/mol. The summed E-state index contributed by atoms with van der Waals surface area (Å²) in [6.45, 7) is 3.02. The molecular formula is C12H17BrN2. The second kappa shape index (κ2) is 5.10.